The Morgan fingerprint density at radius 3 is 2.24 bits per heavy atom. The van der Waals surface area contributed by atoms with Gasteiger partial charge in [0.15, 0.2) is 0 Å². The zero-order valence-electron chi connectivity index (χ0n) is 10.7. The van der Waals surface area contributed by atoms with Gasteiger partial charge in [0.25, 0.3) is 0 Å². The number of rotatable bonds is 4. The van der Waals surface area contributed by atoms with Crippen LogP contribution in [0.4, 0.5) is 18.9 Å². The quantitative estimate of drug-likeness (QED) is 0.807. The van der Waals surface area contributed by atoms with Crippen LogP contribution in [0.5, 0.6) is 17.2 Å². The number of aromatic hydroxyl groups is 2. The second-order valence-corrected chi connectivity index (χ2v) is 4.24. The highest BCUT2D eigenvalue weighted by molar-refractivity contribution is 5.48. The molecule has 0 aromatic heterocycles. The maximum Gasteiger partial charge on any atom is 0.573 e. The topological polar surface area (TPSA) is 61.7 Å². The summed E-state index contributed by atoms with van der Waals surface area (Å²) >= 11 is 0. The summed E-state index contributed by atoms with van der Waals surface area (Å²) in [4.78, 5) is 0. The van der Waals surface area contributed by atoms with E-state index in [-0.39, 0.29) is 23.8 Å². The molecule has 7 heteroatoms. The predicted molar refractivity (Wildman–Crippen MR) is 70.2 cm³/mol. The first kappa shape index (κ1) is 14.8. The van der Waals surface area contributed by atoms with Crippen molar-refractivity contribution >= 4 is 5.69 Å². The Morgan fingerprint density at radius 2 is 1.67 bits per heavy atom. The first-order valence-electron chi connectivity index (χ1n) is 5.94. The van der Waals surface area contributed by atoms with Crippen molar-refractivity contribution < 1.29 is 28.1 Å². The van der Waals surface area contributed by atoms with Gasteiger partial charge in [-0.3, -0.25) is 0 Å². The molecule has 2 rings (SSSR count). The van der Waals surface area contributed by atoms with Gasteiger partial charge in [-0.25, -0.2) is 0 Å². The summed E-state index contributed by atoms with van der Waals surface area (Å²) in [6, 6.07) is 9.41. The second-order valence-electron chi connectivity index (χ2n) is 4.24. The van der Waals surface area contributed by atoms with Crippen molar-refractivity contribution in [3.63, 3.8) is 0 Å². The van der Waals surface area contributed by atoms with Crippen LogP contribution in [0.15, 0.2) is 42.5 Å². The highest BCUT2D eigenvalue weighted by Crippen LogP contribution is 2.26. The number of ether oxygens (including phenoxy) is 1. The predicted octanol–water partition coefficient (Wildman–Crippen LogP) is 3.61. The molecule has 21 heavy (non-hydrogen) atoms. The molecular weight excluding hydrogens is 287 g/mol. The van der Waals surface area contributed by atoms with Crippen molar-refractivity contribution in [3.8, 4) is 17.2 Å². The summed E-state index contributed by atoms with van der Waals surface area (Å²) in [5.74, 6) is -0.426. The van der Waals surface area contributed by atoms with E-state index in [9.17, 15) is 18.3 Å². The number of hydrogen-bond acceptors (Lipinski definition) is 4. The summed E-state index contributed by atoms with van der Waals surface area (Å²) in [6.45, 7) is 0.256. The Morgan fingerprint density at radius 1 is 1.00 bits per heavy atom. The molecule has 112 valence electrons. The maximum atomic E-state index is 12.0. The molecule has 0 atom stereocenters. The highest BCUT2D eigenvalue weighted by atomic mass is 19.4. The van der Waals surface area contributed by atoms with Gasteiger partial charge in [0, 0.05) is 23.9 Å². The van der Waals surface area contributed by atoms with E-state index in [1.165, 1.54) is 36.4 Å². The van der Waals surface area contributed by atoms with Crippen molar-refractivity contribution in [1.82, 2.24) is 0 Å². The minimum absolute atomic E-state index is 0.0510. The van der Waals surface area contributed by atoms with Gasteiger partial charge < -0.3 is 20.3 Å². The smallest absolute Gasteiger partial charge is 0.508 e. The number of benzene rings is 2. The molecule has 0 saturated heterocycles. The standard InChI is InChI=1S/C14H12F3NO3/c15-14(16,17)21-12-5-2-10(3-6-12)18-8-9-1-4-11(19)7-13(9)20/h1-7,18-20H,8H2. The zero-order valence-corrected chi connectivity index (χ0v) is 10.7. The fraction of sp³-hybridized carbons (Fsp3) is 0.143. The van der Waals surface area contributed by atoms with E-state index in [0.29, 0.717) is 11.3 Å². The van der Waals surface area contributed by atoms with E-state index in [4.69, 9.17) is 5.11 Å². The van der Waals surface area contributed by atoms with E-state index in [1.807, 2.05) is 0 Å². The molecule has 0 bridgehead atoms. The van der Waals surface area contributed by atoms with E-state index in [2.05, 4.69) is 10.1 Å². The minimum Gasteiger partial charge on any atom is -0.508 e. The van der Waals surface area contributed by atoms with Crippen LogP contribution in [-0.2, 0) is 6.54 Å². The van der Waals surface area contributed by atoms with Crippen LogP contribution >= 0.6 is 0 Å². The van der Waals surface area contributed by atoms with Gasteiger partial charge >= 0.3 is 6.36 Å². The van der Waals surface area contributed by atoms with Gasteiger partial charge in [0.2, 0.25) is 0 Å². The van der Waals surface area contributed by atoms with E-state index in [1.54, 1.807) is 6.07 Å². The first-order valence-corrected chi connectivity index (χ1v) is 5.94. The number of hydrogen-bond donors (Lipinski definition) is 3. The SMILES string of the molecule is Oc1ccc(CNc2ccc(OC(F)(F)F)cc2)c(O)c1. The summed E-state index contributed by atoms with van der Waals surface area (Å²) < 4.78 is 39.8. The Labute approximate surface area is 118 Å². The molecule has 0 saturated carbocycles. The number of anilines is 1. The third kappa shape index (κ3) is 4.48. The lowest BCUT2D eigenvalue weighted by Crippen LogP contribution is -2.17. The summed E-state index contributed by atoms with van der Waals surface area (Å²) in [5.41, 5.74) is 1.11. The van der Waals surface area contributed by atoms with E-state index in [0.717, 1.165) is 0 Å². The minimum atomic E-state index is -4.72. The van der Waals surface area contributed by atoms with Crippen molar-refractivity contribution in [2.75, 3.05) is 5.32 Å². The first-order chi connectivity index (χ1) is 9.83. The fourth-order valence-electron chi connectivity index (χ4n) is 1.67. The van der Waals surface area contributed by atoms with Crippen LogP contribution in [0, 0.1) is 0 Å². The number of phenols is 2. The molecule has 0 aliphatic heterocycles. The molecule has 0 aliphatic carbocycles. The van der Waals surface area contributed by atoms with Gasteiger partial charge in [-0.2, -0.15) is 0 Å². The summed E-state index contributed by atoms with van der Waals surface area (Å²) in [5, 5.41) is 21.7. The van der Waals surface area contributed by atoms with Crippen molar-refractivity contribution in [2.24, 2.45) is 0 Å². The largest absolute Gasteiger partial charge is 0.573 e. The average Bonchev–Trinajstić information content (AvgIpc) is 2.38. The van der Waals surface area contributed by atoms with Gasteiger partial charge in [0.05, 0.1) is 0 Å². The normalized spacial score (nSPS) is 11.2. The van der Waals surface area contributed by atoms with Gasteiger partial charge in [0.1, 0.15) is 17.2 Å². The van der Waals surface area contributed by atoms with E-state index < -0.39 is 6.36 Å². The lowest BCUT2D eigenvalue weighted by atomic mass is 10.2. The number of alkyl halides is 3. The zero-order chi connectivity index (χ0) is 15.5. The molecule has 0 fully saturated rings. The monoisotopic (exact) mass is 299 g/mol. The molecule has 3 N–H and O–H groups in total. The molecule has 0 spiro atoms. The van der Waals surface area contributed by atoms with E-state index >= 15 is 0 Å². The third-order valence-corrected chi connectivity index (χ3v) is 2.64. The fourth-order valence-corrected chi connectivity index (χ4v) is 1.67. The van der Waals surface area contributed by atoms with Gasteiger partial charge in [-0.15, -0.1) is 13.2 Å². The van der Waals surface area contributed by atoms with Crippen molar-refractivity contribution in [2.45, 2.75) is 12.9 Å². The molecule has 0 amide bonds. The van der Waals surface area contributed by atoms with Gasteiger partial charge in [-0.05, 0) is 36.4 Å². The molecular formula is C14H12F3NO3. The molecule has 0 radical (unpaired) electrons. The number of nitrogens with one attached hydrogen (secondary N) is 1. The Kier molecular flexibility index (Phi) is 4.11. The number of phenolic OH excluding ortho intramolecular Hbond substituents is 2. The highest BCUT2D eigenvalue weighted by Gasteiger charge is 2.30. The lowest BCUT2D eigenvalue weighted by molar-refractivity contribution is -0.274. The number of halogens is 3. The van der Waals surface area contributed by atoms with Crippen molar-refractivity contribution in [1.29, 1.82) is 0 Å². The second kappa shape index (κ2) is 5.82. The third-order valence-electron chi connectivity index (χ3n) is 2.64. The van der Waals surface area contributed by atoms with Crippen LogP contribution in [0.3, 0.4) is 0 Å². The van der Waals surface area contributed by atoms with Gasteiger partial charge in [-0.1, -0.05) is 0 Å². The van der Waals surface area contributed by atoms with Crippen molar-refractivity contribution in [3.05, 3.63) is 48.0 Å². The lowest BCUT2D eigenvalue weighted by Gasteiger charge is -2.11. The molecule has 0 heterocycles. The van der Waals surface area contributed by atoms with Crippen LogP contribution in [-0.4, -0.2) is 16.6 Å². The van der Waals surface area contributed by atoms with Crippen LogP contribution in [0.1, 0.15) is 5.56 Å². The summed E-state index contributed by atoms with van der Waals surface area (Å²) in [6.07, 6.45) is -4.72. The molecule has 2 aromatic rings. The Balaban J connectivity index is 1.97. The Hall–Kier alpha value is -2.57. The molecule has 4 nitrogen and oxygen atoms in total. The Bertz CT molecular complexity index is 612. The summed E-state index contributed by atoms with van der Waals surface area (Å²) in [7, 11) is 0. The van der Waals surface area contributed by atoms with Crippen LogP contribution in [0.2, 0.25) is 0 Å². The molecule has 0 aliphatic rings. The van der Waals surface area contributed by atoms with Crippen LogP contribution < -0.4 is 10.1 Å². The molecule has 0 unspecified atom stereocenters. The maximum absolute atomic E-state index is 12.0. The average molecular weight is 299 g/mol. The molecule has 2 aromatic carbocycles. The van der Waals surface area contributed by atoms with Crippen LogP contribution in [0.25, 0.3) is 0 Å².